The van der Waals surface area contributed by atoms with Crippen LogP contribution in [-0.2, 0) is 37.1 Å². The van der Waals surface area contributed by atoms with Crippen LogP contribution in [0.1, 0.15) is 51.3 Å². The predicted octanol–water partition coefficient (Wildman–Crippen LogP) is 5.62. The van der Waals surface area contributed by atoms with Gasteiger partial charge in [-0.1, -0.05) is 66.7 Å². The van der Waals surface area contributed by atoms with Gasteiger partial charge in [-0.05, 0) is 66.4 Å². The van der Waals surface area contributed by atoms with Crippen LogP contribution in [0.4, 0.5) is 18.9 Å². The quantitative estimate of drug-likeness (QED) is 0.105. The highest BCUT2D eigenvalue weighted by atomic mass is 19.4. The lowest BCUT2D eigenvalue weighted by molar-refractivity contribution is -0.150. The number of aromatic carboxylic acids is 1. The third kappa shape index (κ3) is 8.35. The van der Waals surface area contributed by atoms with E-state index in [2.05, 4.69) is 16.0 Å². The molecular weight excluding hydrogens is 655 g/mol. The number of likely N-dealkylation sites (N-methyl/N-ethyl adjacent to an activating group) is 2. The Labute approximate surface area is 285 Å². The van der Waals surface area contributed by atoms with Gasteiger partial charge in [-0.25, -0.2) is 4.79 Å². The molecule has 260 valence electrons. The fourth-order valence-electron chi connectivity index (χ4n) is 5.28. The minimum Gasteiger partial charge on any atom is -0.478 e. The van der Waals surface area contributed by atoms with Crippen LogP contribution in [0.15, 0.2) is 97.1 Å². The van der Waals surface area contributed by atoms with Gasteiger partial charge >= 0.3 is 18.1 Å². The molecule has 0 bridgehead atoms. The summed E-state index contributed by atoms with van der Waals surface area (Å²) in [5, 5.41) is 17.8. The van der Waals surface area contributed by atoms with Crippen LogP contribution in [-0.4, -0.2) is 54.5 Å². The van der Waals surface area contributed by atoms with Crippen molar-refractivity contribution in [1.82, 2.24) is 10.6 Å². The van der Waals surface area contributed by atoms with E-state index in [1.807, 2.05) is 0 Å². The van der Waals surface area contributed by atoms with Gasteiger partial charge in [0.05, 0.1) is 23.2 Å². The van der Waals surface area contributed by atoms with Crippen LogP contribution >= 0.6 is 0 Å². The van der Waals surface area contributed by atoms with Crippen LogP contribution in [0.25, 0.3) is 11.1 Å². The first-order valence-corrected chi connectivity index (χ1v) is 15.5. The van der Waals surface area contributed by atoms with E-state index in [1.165, 1.54) is 36.4 Å². The Morgan fingerprint density at radius 3 is 1.90 bits per heavy atom. The van der Waals surface area contributed by atoms with E-state index in [4.69, 9.17) is 4.74 Å². The Bertz CT molecular complexity index is 1860. The number of benzene rings is 4. The molecule has 0 spiro atoms. The Hall–Kier alpha value is -5.98. The van der Waals surface area contributed by atoms with Gasteiger partial charge in [0.2, 0.25) is 11.8 Å². The van der Waals surface area contributed by atoms with Crippen molar-refractivity contribution in [2.24, 2.45) is 0 Å². The van der Waals surface area contributed by atoms with Gasteiger partial charge in [0, 0.05) is 18.7 Å². The number of carbonyl (C=O) groups is 5. The summed E-state index contributed by atoms with van der Waals surface area (Å²) >= 11 is 0. The molecule has 10 nitrogen and oxygen atoms in total. The molecule has 4 aromatic rings. The van der Waals surface area contributed by atoms with E-state index in [1.54, 1.807) is 62.4 Å². The van der Waals surface area contributed by atoms with Crippen LogP contribution in [0, 0.1) is 0 Å². The maximum absolute atomic E-state index is 13.3. The molecule has 13 heteroatoms. The highest BCUT2D eigenvalue weighted by molar-refractivity contribution is 6.12. The highest BCUT2D eigenvalue weighted by Crippen LogP contribution is 2.32. The number of amides is 3. The van der Waals surface area contributed by atoms with Crippen molar-refractivity contribution in [2.75, 3.05) is 25.0 Å². The number of carboxylic acids is 1. The number of carbonyl (C=O) groups excluding carboxylic acids is 4. The number of esters is 1. The minimum absolute atomic E-state index is 0.0809. The molecule has 0 saturated heterocycles. The number of hydrogen-bond donors (Lipinski definition) is 4. The lowest BCUT2D eigenvalue weighted by Gasteiger charge is -2.31. The summed E-state index contributed by atoms with van der Waals surface area (Å²) in [5.41, 5.74) is -1.95. The number of hydrogen-bond acceptors (Lipinski definition) is 6. The second kappa shape index (κ2) is 15.9. The Balaban J connectivity index is 1.55. The molecule has 0 heterocycles. The number of nitrogens with one attached hydrogen (secondary N) is 3. The van der Waals surface area contributed by atoms with E-state index in [0.29, 0.717) is 16.7 Å². The number of rotatable bonds is 13. The molecule has 0 aliphatic carbocycles. The van der Waals surface area contributed by atoms with E-state index in [9.17, 15) is 42.3 Å². The zero-order chi connectivity index (χ0) is 36.5. The summed E-state index contributed by atoms with van der Waals surface area (Å²) in [5.74, 6) is -4.32. The molecular formula is C37H34F3N3O7. The number of ether oxygens (including phenoxy) is 1. The third-order valence-electron chi connectivity index (χ3n) is 7.77. The van der Waals surface area contributed by atoms with Crippen LogP contribution < -0.4 is 16.0 Å². The number of alkyl halides is 3. The summed E-state index contributed by atoms with van der Waals surface area (Å²) in [7, 11) is 0. The molecule has 0 fully saturated rings. The van der Waals surface area contributed by atoms with Gasteiger partial charge in [-0.3, -0.25) is 19.2 Å². The monoisotopic (exact) mass is 689 g/mol. The zero-order valence-electron chi connectivity index (χ0n) is 27.1. The number of halogens is 3. The summed E-state index contributed by atoms with van der Waals surface area (Å²) in [6.07, 6.45) is -4.96. The topological polar surface area (TPSA) is 151 Å². The Kier molecular flexibility index (Phi) is 11.8. The van der Waals surface area contributed by atoms with Crippen molar-refractivity contribution in [2.45, 2.75) is 31.9 Å². The van der Waals surface area contributed by atoms with Gasteiger partial charge in [0.25, 0.3) is 5.91 Å². The largest absolute Gasteiger partial charge is 0.478 e. The van der Waals surface area contributed by atoms with Crippen molar-refractivity contribution >= 4 is 35.3 Å². The normalized spacial score (nSPS) is 11.3. The first kappa shape index (κ1) is 36.8. The van der Waals surface area contributed by atoms with E-state index in [0.717, 1.165) is 12.1 Å². The molecule has 0 unspecified atom stereocenters. The summed E-state index contributed by atoms with van der Waals surface area (Å²) < 4.78 is 44.7. The lowest BCUT2D eigenvalue weighted by Crippen LogP contribution is -2.57. The second-order valence-corrected chi connectivity index (χ2v) is 11.1. The fraction of sp³-hybridized carbons (Fsp3) is 0.216. The first-order valence-electron chi connectivity index (χ1n) is 15.5. The maximum Gasteiger partial charge on any atom is 0.416 e. The van der Waals surface area contributed by atoms with Crippen molar-refractivity contribution < 1.29 is 47.0 Å². The molecule has 50 heavy (non-hydrogen) atoms. The molecule has 4 rings (SSSR count). The third-order valence-corrected chi connectivity index (χ3v) is 7.77. The average molecular weight is 690 g/mol. The van der Waals surface area contributed by atoms with Crippen LogP contribution in [0.2, 0.25) is 0 Å². The van der Waals surface area contributed by atoms with Gasteiger partial charge < -0.3 is 25.8 Å². The molecule has 0 saturated carbocycles. The molecule has 0 aromatic heterocycles. The van der Waals surface area contributed by atoms with E-state index >= 15 is 0 Å². The smallest absolute Gasteiger partial charge is 0.416 e. The molecule has 4 aromatic carbocycles. The SMILES string of the molecule is CCNC(=O)C(COC(=O)Cc1ccc(NC(=O)c2ccccc2-c2ccc(C(F)(F)F)cc2)c(C(=O)O)c1)(C(=O)NCC)c1ccccc1. The van der Waals surface area contributed by atoms with Crippen LogP contribution in [0.5, 0.6) is 0 Å². The van der Waals surface area contributed by atoms with Gasteiger partial charge in [-0.15, -0.1) is 0 Å². The highest BCUT2D eigenvalue weighted by Gasteiger charge is 2.48. The molecule has 0 radical (unpaired) electrons. The molecule has 3 amide bonds. The lowest BCUT2D eigenvalue weighted by atomic mass is 9.79. The minimum atomic E-state index is -4.53. The standard InChI is InChI=1S/C37H34F3N3O7/c1-3-41-34(48)36(35(49)42-4-2,25-10-6-5-7-11-25)22-50-31(44)21-23-14-19-30(29(20-23)33(46)47)43-32(45)28-13-9-8-12-27(28)24-15-17-26(18-16-24)37(38,39)40/h5-20H,3-4,21-22H2,1-2H3,(H,41,48)(H,42,49)(H,43,45)(H,46,47). The molecule has 4 N–H and O–H groups in total. The van der Waals surface area contributed by atoms with E-state index < -0.39 is 59.8 Å². The first-order chi connectivity index (χ1) is 23.8. The van der Waals surface area contributed by atoms with Crippen molar-refractivity contribution in [3.05, 3.63) is 125 Å². The summed E-state index contributed by atoms with van der Waals surface area (Å²) in [4.78, 5) is 65.3. The number of anilines is 1. The van der Waals surface area contributed by atoms with E-state index in [-0.39, 0.29) is 35.5 Å². The van der Waals surface area contributed by atoms with Crippen LogP contribution in [0.3, 0.4) is 0 Å². The fourth-order valence-corrected chi connectivity index (χ4v) is 5.28. The zero-order valence-corrected chi connectivity index (χ0v) is 27.1. The molecule has 0 aliphatic rings. The van der Waals surface area contributed by atoms with Crippen molar-refractivity contribution in [1.29, 1.82) is 0 Å². The maximum atomic E-state index is 13.3. The summed E-state index contributed by atoms with van der Waals surface area (Å²) in [6.45, 7) is 3.15. The average Bonchev–Trinajstić information content (AvgIpc) is 3.09. The Morgan fingerprint density at radius 1 is 0.720 bits per heavy atom. The van der Waals surface area contributed by atoms with Crippen molar-refractivity contribution in [3.63, 3.8) is 0 Å². The molecule has 0 atom stereocenters. The van der Waals surface area contributed by atoms with Crippen molar-refractivity contribution in [3.8, 4) is 11.1 Å². The van der Waals surface area contributed by atoms with Gasteiger partial charge in [0.1, 0.15) is 6.61 Å². The summed E-state index contributed by atoms with van der Waals surface area (Å²) in [6, 6.07) is 22.5. The predicted molar refractivity (Wildman–Crippen MR) is 178 cm³/mol. The molecule has 0 aliphatic heterocycles. The van der Waals surface area contributed by atoms with Gasteiger partial charge in [-0.2, -0.15) is 13.2 Å². The number of carboxylic acid groups (broad SMARTS) is 1. The van der Waals surface area contributed by atoms with Gasteiger partial charge in [0.15, 0.2) is 5.41 Å². The Morgan fingerprint density at radius 2 is 1.32 bits per heavy atom. The second-order valence-electron chi connectivity index (χ2n) is 11.1.